The van der Waals surface area contributed by atoms with Gasteiger partial charge in [-0.15, -0.1) is 0 Å². The smallest absolute Gasteiger partial charge is 0.219 e. The first-order valence-electron chi connectivity index (χ1n) is 5.26. The molecule has 92 valence electrons. The Bertz CT molecular complexity index is 601. The number of rotatable bonds is 3. The highest BCUT2D eigenvalue weighted by molar-refractivity contribution is 7.80. The second kappa shape index (κ2) is 5.10. The molecule has 0 fully saturated rings. The van der Waals surface area contributed by atoms with Crippen LogP contribution in [0.3, 0.4) is 0 Å². The third-order valence-corrected chi connectivity index (χ3v) is 2.62. The average Bonchev–Trinajstić information content (AvgIpc) is 2.34. The van der Waals surface area contributed by atoms with Crippen molar-refractivity contribution in [2.24, 2.45) is 5.73 Å². The molecular weight excluding hydrogens is 251 g/mol. The Morgan fingerprint density at radius 1 is 1.33 bits per heavy atom. The first-order valence-corrected chi connectivity index (χ1v) is 5.67. The normalized spacial score (nSPS) is 10.1. The molecule has 2 aromatic rings. The van der Waals surface area contributed by atoms with E-state index < -0.39 is 0 Å². The predicted octanol–water partition coefficient (Wildman–Crippen LogP) is 2.96. The number of aryl methyl sites for hydroxylation is 1. The van der Waals surface area contributed by atoms with Gasteiger partial charge >= 0.3 is 0 Å². The fraction of sp³-hybridized carbons (Fsp3) is 0.0769. The van der Waals surface area contributed by atoms with Crippen molar-refractivity contribution in [1.29, 1.82) is 0 Å². The van der Waals surface area contributed by atoms with Crippen LogP contribution in [-0.4, -0.2) is 9.97 Å². The van der Waals surface area contributed by atoms with Crippen molar-refractivity contribution in [3.63, 3.8) is 0 Å². The van der Waals surface area contributed by atoms with E-state index >= 15 is 0 Å². The van der Waals surface area contributed by atoms with Crippen molar-refractivity contribution in [2.45, 2.75) is 6.92 Å². The number of aromatic nitrogens is 1. The van der Waals surface area contributed by atoms with Gasteiger partial charge in [0.2, 0.25) is 5.88 Å². The maximum absolute atomic E-state index is 13.1. The van der Waals surface area contributed by atoms with E-state index in [1.165, 1.54) is 12.1 Å². The molecule has 1 aromatic carbocycles. The highest BCUT2D eigenvalue weighted by Crippen LogP contribution is 2.24. The van der Waals surface area contributed by atoms with E-state index in [2.05, 4.69) is 4.98 Å². The third kappa shape index (κ3) is 2.81. The topological polar surface area (TPSA) is 48.1 Å². The van der Waals surface area contributed by atoms with Gasteiger partial charge in [-0.2, -0.15) is 0 Å². The highest BCUT2D eigenvalue weighted by Gasteiger charge is 2.05. The molecule has 2 N–H and O–H groups in total. The van der Waals surface area contributed by atoms with Gasteiger partial charge in [-0.05, 0) is 24.6 Å². The summed E-state index contributed by atoms with van der Waals surface area (Å²) in [6, 6.07) is 7.63. The summed E-state index contributed by atoms with van der Waals surface area (Å²) in [5, 5.41) is 0. The van der Waals surface area contributed by atoms with Crippen LogP contribution in [0.2, 0.25) is 0 Å². The molecule has 0 aliphatic carbocycles. The van der Waals surface area contributed by atoms with Gasteiger partial charge in [-0.25, -0.2) is 9.37 Å². The van der Waals surface area contributed by atoms with Gasteiger partial charge < -0.3 is 10.5 Å². The van der Waals surface area contributed by atoms with Gasteiger partial charge in [0.1, 0.15) is 16.6 Å². The van der Waals surface area contributed by atoms with Gasteiger partial charge in [0.25, 0.3) is 0 Å². The Labute approximate surface area is 109 Å². The molecule has 3 nitrogen and oxygen atoms in total. The highest BCUT2D eigenvalue weighted by atomic mass is 32.1. The zero-order valence-electron chi connectivity index (χ0n) is 9.68. The van der Waals surface area contributed by atoms with Gasteiger partial charge in [-0.1, -0.05) is 18.3 Å². The number of halogens is 1. The lowest BCUT2D eigenvalue weighted by Crippen LogP contribution is -2.09. The maximum atomic E-state index is 13.1. The molecule has 0 atom stereocenters. The van der Waals surface area contributed by atoms with Crippen LogP contribution >= 0.6 is 12.2 Å². The van der Waals surface area contributed by atoms with Crippen LogP contribution in [0.4, 0.5) is 4.39 Å². The number of benzene rings is 1. The lowest BCUT2D eigenvalue weighted by Gasteiger charge is -2.08. The van der Waals surface area contributed by atoms with E-state index in [4.69, 9.17) is 22.7 Å². The monoisotopic (exact) mass is 262 g/mol. The molecule has 1 aromatic heterocycles. The van der Waals surface area contributed by atoms with Crippen molar-refractivity contribution in [1.82, 2.24) is 4.98 Å². The van der Waals surface area contributed by atoms with Crippen LogP contribution < -0.4 is 10.5 Å². The summed E-state index contributed by atoms with van der Waals surface area (Å²) in [6.45, 7) is 1.83. The Balaban J connectivity index is 2.31. The summed E-state index contributed by atoms with van der Waals surface area (Å²) >= 11 is 4.87. The van der Waals surface area contributed by atoms with Crippen LogP contribution in [0.15, 0.2) is 36.5 Å². The summed E-state index contributed by atoms with van der Waals surface area (Å²) in [7, 11) is 0. The number of thiocarbonyl (C=S) groups is 1. The molecule has 0 radical (unpaired) electrons. The second-order valence-corrected chi connectivity index (χ2v) is 4.20. The van der Waals surface area contributed by atoms with Crippen LogP contribution in [0.25, 0.3) is 0 Å². The molecule has 0 amide bonds. The summed E-state index contributed by atoms with van der Waals surface area (Å²) in [5.74, 6) is 0.387. The van der Waals surface area contributed by atoms with Crippen LogP contribution in [-0.2, 0) is 0 Å². The van der Waals surface area contributed by atoms with Crippen molar-refractivity contribution in [3.8, 4) is 11.6 Å². The number of hydrogen-bond donors (Lipinski definition) is 1. The maximum Gasteiger partial charge on any atom is 0.219 e. The van der Waals surface area contributed by atoms with Crippen LogP contribution in [0.1, 0.15) is 11.1 Å². The van der Waals surface area contributed by atoms with Crippen molar-refractivity contribution in [2.75, 3.05) is 0 Å². The van der Waals surface area contributed by atoms with E-state index in [1.807, 2.05) is 6.92 Å². The van der Waals surface area contributed by atoms with Gasteiger partial charge in [0, 0.05) is 23.9 Å². The van der Waals surface area contributed by atoms with Crippen LogP contribution in [0.5, 0.6) is 11.6 Å². The average molecular weight is 262 g/mol. The van der Waals surface area contributed by atoms with Gasteiger partial charge in [0.05, 0.1) is 0 Å². The standard InChI is InChI=1S/C13H11FN2OS/c1-8-2-3-10(14)7-11(8)17-12-6-9(13(15)18)4-5-16-12/h2-7H,1H3,(H2,15,18). The fourth-order valence-corrected chi connectivity index (χ4v) is 1.54. The summed E-state index contributed by atoms with van der Waals surface area (Å²) in [6.07, 6.45) is 1.54. The molecule has 1 heterocycles. The zero-order chi connectivity index (χ0) is 13.1. The zero-order valence-corrected chi connectivity index (χ0v) is 10.5. The molecule has 2 rings (SSSR count). The van der Waals surface area contributed by atoms with Gasteiger partial charge in [0.15, 0.2) is 0 Å². The Morgan fingerprint density at radius 3 is 2.83 bits per heavy atom. The van der Waals surface area contributed by atoms with Gasteiger partial charge in [-0.3, -0.25) is 0 Å². The minimum atomic E-state index is -0.360. The molecule has 0 saturated carbocycles. The van der Waals surface area contributed by atoms with E-state index in [0.717, 1.165) is 5.56 Å². The minimum Gasteiger partial charge on any atom is -0.439 e. The van der Waals surface area contributed by atoms with E-state index in [1.54, 1.807) is 24.4 Å². The third-order valence-electron chi connectivity index (χ3n) is 2.38. The van der Waals surface area contributed by atoms with E-state index in [9.17, 15) is 4.39 Å². The molecule has 0 spiro atoms. The number of nitrogens with zero attached hydrogens (tertiary/aromatic N) is 1. The lowest BCUT2D eigenvalue weighted by atomic mass is 10.2. The molecule has 18 heavy (non-hydrogen) atoms. The first-order chi connectivity index (χ1) is 8.56. The Morgan fingerprint density at radius 2 is 2.11 bits per heavy atom. The Kier molecular flexibility index (Phi) is 3.53. The number of hydrogen-bond acceptors (Lipinski definition) is 3. The molecule has 0 aliphatic heterocycles. The largest absolute Gasteiger partial charge is 0.439 e. The molecule has 0 bridgehead atoms. The molecule has 0 unspecified atom stereocenters. The summed E-state index contributed by atoms with van der Waals surface area (Å²) in [5.41, 5.74) is 6.99. The molecule has 5 heteroatoms. The number of pyridine rings is 1. The quantitative estimate of drug-likeness (QED) is 0.864. The predicted molar refractivity (Wildman–Crippen MR) is 71.3 cm³/mol. The molecule has 0 saturated heterocycles. The summed E-state index contributed by atoms with van der Waals surface area (Å²) in [4.78, 5) is 4.29. The lowest BCUT2D eigenvalue weighted by molar-refractivity contribution is 0.454. The summed E-state index contributed by atoms with van der Waals surface area (Å²) < 4.78 is 18.6. The Hall–Kier alpha value is -2.01. The number of nitrogens with two attached hydrogens (primary N) is 1. The van der Waals surface area contributed by atoms with E-state index in [0.29, 0.717) is 17.2 Å². The SMILES string of the molecule is Cc1ccc(F)cc1Oc1cc(C(N)=S)ccn1. The molecular formula is C13H11FN2OS. The second-order valence-electron chi connectivity index (χ2n) is 3.76. The van der Waals surface area contributed by atoms with Crippen molar-refractivity contribution < 1.29 is 9.13 Å². The van der Waals surface area contributed by atoms with Crippen molar-refractivity contribution in [3.05, 3.63) is 53.5 Å². The van der Waals surface area contributed by atoms with E-state index in [-0.39, 0.29) is 10.8 Å². The van der Waals surface area contributed by atoms with Crippen molar-refractivity contribution >= 4 is 17.2 Å². The first kappa shape index (κ1) is 12.4. The fourth-order valence-electron chi connectivity index (χ4n) is 1.42. The van der Waals surface area contributed by atoms with Crippen LogP contribution in [0, 0.1) is 12.7 Å². The molecule has 0 aliphatic rings. The minimum absolute atomic E-state index is 0.262. The number of ether oxygens (including phenoxy) is 1.